The molecule has 308 valence electrons. The van der Waals surface area contributed by atoms with Crippen LogP contribution in [0.2, 0.25) is 78.6 Å². The Labute approximate surface area is 380 Å². The van der Waals surface area contributed by atoms with Crippen molar-refractivity contribution in [3.05, 3.63) is 146 Å². The lowest BCUT2D eigenvalue weighted by Gasteiger charge is -2.16. The molecule has 8 aromatic rings. The van der Waals surface area contributed by atoms with Crippen LogP contribution in [-0.2, 0) is 0 Å². The van der Waals surface area contributed by atoms with Gasteiger partial charge in [0, 0.05) is 39.0 Å². The number of hydrogen-bond acceptors (Lipinski definition) is 4. The molecule has 0 saturated carbocycles. The molecule has 0 aliphatic carbocycles. The average molecular weight is 926 g/mol. The molecule has 8 heteroatoms. The third-order valence-electron chi connectivity index (χ3n) is 11.1. The molecule has 0 nitrogen and oxygen atoms in total. The van der Waals surface area contributed by atoms with Gasteiger partial charge < -0.3 is 0 Å². The van der Waals surface area contributed by atoms with Crippen molar-refractivity contribution in [3.63, 3.8) is 0 Å². The number of rotatable bonds is 10. The molecule has 0 radical (unpaired) electrons. The van der Waals surface area contributed by atoms with Gasteiger partial charge in [-0.3, -0.25) is 0 Å². The third kappa shape index (κ3) is 10.8. The molecular formula is C52H60S4Si4. The zero-order valence-electron chi connectivity index (χ0n) is 37.5. The summed E-state index contributed by atoms with van der Waals surface area (Å²) < 4.78 is 0. The van der Waals surface area contributed by atoms with Crippen LogP contribution >= 0.6 is 45.3 Å². The van der Waals surface area contributed by atoms with E-state index in [-0.39, 0.29) is 0 Å². The van der Waals surface area contributed by atoms with E-state index in [0.29, 0.717) is 0 Å². The van der Waals surface area contributed by atoms with Gasteiger partial charge in [-0.1, -0.05) is 196 Å². The van der Waals surface area contributed by atoms with Gasteiger partial charge in [-0.15, -0.1) is 45.3 Å². The Morgan fingerprint density at radius 2 is 0.350 bits per heavy atom. The molecule has 4 heterocycles. The second kappa shape index (κ2) is 17.7. The Morgan fingerprint density at radius 3 is 0.500 bits per heavy atom. The van der Waals surface area contributed by atoms with Crippen molar-refractivity contribution in [2.24, 2.45) is 0 Å². The molecule has 0 fully saturated rings. The van der Waals surface area contributed by atoms with E-state index in [1.165, 1.54) is 82.0 Å². The predicted molar refractivity (Wildman–Crippen MR) is 289 cm³/mol. The van der Waals surface area contributed by atoms with Crippen molar-refractivity contribution in [3.8, 4) is 61.3 Å². The first-order valence-corrected chi connectivity index (χ1v) is 38.3. The zero-order chi connectivity index (χ0) is 43.0. The molecule has 0 aliphatic rings. The standard InChI is InChI=1S/2C26H30S2Si2/c2*1-29(2,3)21-11-7-19(8-12-21)23-15-17-25(27-23)26-18-16-24(28-26)20-9-13-22(14-10-20)30(4,5)6/h2*7-18H,1-6H3. The molecule has 0 unspecified atom stereocenters. The van der Waals surface area contributed by atoms with Crippen molar-refractivity contribution in [1.82, 2.24) is 0 Å². The van der Waals surface area contributed by atoms with Crippen LogP contribution in [0.4, 0.5) is 0 Å². The molecule has 4 aromatic heterocycles. The highest BCUT2D eigenvalue weighted by Crippen LogP contribution is 2.41. The van der Waals surface area contributed by atoms with E-state index >= 15 is 0 Å². The Hall–Kier alpha value is -3.45. The molecule has 0 atom stereocenters. The number of thiophene rings is 4. The maximum atomic E-state index is 2.40. The minimum absolute atomic E-state index is 1.24. The summed E-state index contributed by atoms with van der Waals surface area (Å²) in [6, 6.07) is 55.2. The number of hydrogen-bond donors (Lipinski definition) is 0. The summed E-state index contributed by atoms with van der Waals surface area (Å²) in [7, 11) is -4.96. The van der Waals surface area contributed by atoms with Crippen molar-refractivity contribution in [2.75, 3.05) is 0 Å². The predicted octanol–water partition coefficient (Wildman–Crippen LogP) is 15.8. The van der Waals surface area contributed by atoms with E-state index in [2.05, 4.69) is 224 Å². The Kier molecular flexibility index (Phi) is 13.2. The summed E-state index contributed by atoms with van der Waals surface area (Å²) in [5.41, 5.74) is 5.30. The van der Waals surface area contributed by atoms with Gasteiger partial charge in [0.2, 0.25) is 0 Å². The third-order valence-corrected chi connectivity index (χ3v) is 24.2. The highest BCUT2D eigenvalue weighted by molar-refractivity contribution is 7.26. The Balaban J connectivity index is 0.000000181. The summed E-state index contributed by atoms with van der Waals surface area (Å²) in [6.07, 6.45) is 0. The van der Waals surface area contributed by atoms with Crippen molar-refractivity contribution < 1.29 is 0 Å². The summed E-state index contributed by atoms with van der Waals surface area (Å²) >= 11 is 7.58. The highest BCUT2D eigenvalue weighted by Gasteiger charge is 2.20. The summed E-state index contributed by atoms with van der Waals surface area (Å²) in [6.45, 7) is 28.8. The van der Waals surface area contributed by atoms with Crippen LogP contribution in [0.5, 0.6) is 0 Å². The first-order valence-electron chi connectivity index (χ1n) is 21.1. The lowest BCUT2D eigenvalue weighted by molar-refractivity contribution is 1.67. The zero-order valence-corrected chi connectivity index (χ0v) is 44.8. The number of benzene rings is 4. The second-order valence-electron chi connectivity index (χ2n) is 20.0. The van der Waals surface area contributed by atoms with Crippen LogP contribution in [0, 0.1) is 0 Å². The molecule has 0 spiro atoms. The van der Waals surface area contributed by atoms with E-state index in [0.717, 1.165) is 0 Å². The minimum Gasteiger partial charge on any atom is -0.134 e. The molecule has 0 bridgehead atoms. The monoisotopic (exact) mass is 924 g/mol. The fraction of sp³-hybridized carbons (Fsp3) is 0.231. The summed E-state index contributed by atoms with van der Waals surface area (Å²) in [5.74, 6) is 0. The fourth-order valence-electron chi connectivity index (χ4n) is 7.04. The molecule has 0 saturated heterocycles. The van der Waals surface area contributed by atoms with Crippen LogP contribution in [0.15, 0.2) is 146 Å². The van der Waals surface area contributed by atoms with Crippen molar-refractivity contribution in [1.29, 1.82) is 0 Å². The lowest BCUT2D eigenvalue weighted by Crippen LogP contribution is -2.37. The molecular weight excluding hydrogens is 865 g/mol. The SMILES string of the molecule is C[Si](C)(C)c1ccc(-c2ccc(-c3ccc(-c4ccc([Si](C)(C)C)cc4)s3)s2)cc1.C[Si](C)(C)c1ccc(-c2ccc(-c3ccc(-c4ccc([Si](C)(C)C)cc4)s3)s2)cc1. The van der Waals surface area contributed by atoms with Gasteiger partial charge in [0.1, 0.15) is 0 Å². The normalized spacial score (nSPS) is 12.3. The van der Waals surface area contributed by atoms with Gasteiger partial charge in [-0.25, -0.2) is 0 Å². The highest BCUT2D eigenvalue weighted by atomic mass is 32.1. The topological polar surface area (TPSA) is 0 Å². The van der Waals surface area contributed by atoms with Crippen molar-refractivity contribution >= 4 is 98.4 Å². The van der Waals surface area contributed by atoms with Gasteiger partial charge in [0.15, 0.2) is 0 Å². The maximum Gasteiger partial charge on any atom is 0.0775 e. The molecule has 0 N–H and O–H groups in total. The van der Waals surface area contributed by atoms with Gasteiger partial charge in [0.25, 0.3) is 0 Å². The second-order valence-corrected chi connectivity index (χ2v) is 44.6. The Morgan fingerprint density at radius 1 is 0.200 bits per heavy atom. The molecule has 0 amide bonds. The molecule has 60 heavy (non-hydrogen) atoms. The van der Waals surface area contributed by atoms with Crippen LogP contribution in [0.1, 0.15) is 0 Å². The van der Waals surface area contributed by atoms with Gasteiger partial charge in [-0.2, -0.15) is 0 Å². The van der Waals surface area contributed by atoms with E-state index in [9.17, 15) is 0 Å². The van der Waals surface area contributed by atoms with E-state index in [4.69, 9.17) is 0 Å². The summed E-state index contributed by atoms with van der Waals surface area (Å²) in [4.78, 5) is 10.8. The van der Waals surface area contributed by atoms with E-state index in [1.54, 1.807) is 0 Å². The lowest BCUT2D eigenvalue weighted by atomic mass is 10.2. The quantitative estimate of drug-likeness (QED) is 0.120. The van der Waals surface area contributed by atoms with Crippen LogP contribution < -0.4 is 20.7 Å². The first-order chi connectivity index (χ1) is 28.2. The van der Waals surface area contributed by atoms with Crippen LogP contribution in [0.25, 0.3) is 61.3 Å². The first kappa shape index (κ1) is 44.6. The van der Waals surface area contributed by atoms with Crippen LogP contribution in [0.3, 0.4) is 0 Å². The van der Waals surface area contributed by atoms with Gasteiger partial charge in [0.05, 0.1) is 32.3 Å². The largest absolute Gasteiger partial charge is 0.134 e. The minimum atomic E-state index is -1.24. The molecule has 0 aliphatic heterocycles. The van der Waals surface area contributed by atoms with E-state index < -0.39 is 32.3 Å². The average Bonchev–Trinajstić information content (AvgIpc) is 4.04. The Bertz CT molecular complexity index is 2270. The molecule has 8 rings (SSSR count). The smallest absolute Gasteiger partial charge is 0.0775 e. The molecule has 4 aromatic carbocycles. The van der Waals surface area contributed by atoms with Gasteiger partial charge in [-0.05, 0) is 70.8 Å². The summed E-state index contributed by atoms with van der Waals surface area (Å²) in [5, 5.41) is 6.08. The van der Waals surface area contributed by atoms with Gasteiger partial charge >= 0.3 is 0 Å². The van der Waals surface area contributed by atoms with E-state index in [1.807, 2.05) is 45.3 Å². The van der Waals surface area contributed by atoms with Crippen LogP contribution in [-0.4, -0.2) is 32.3 Å². The fourth-order valence-corrected chi connectivity index (χ4v) is 15.9. The maximum absolute atomic E-state index is 2.40. The van der Waals surface area contributed by atoms with Crippen molar-refractivity contribution in [2.45, 2.75) is 78.6 Å².